The quantitative estimate of drug-likeness (QED) is 0.617. The largest absolute Gasteiger partial charge is 0.462 e. The molecule has 9 heteroatoms. The minimum Gasteiger partial charge on any atom is -0.462 e. The molecule has 3 rings (SSSR count). The SMILES string of the molecule is CCOC(=O)c1ccc(N=Cc2c(C)[nH]n(C3CCS(=O)(=O)C3)c2=O)cc1. The van der Waals surface area contributed by atoms with Crippen LogP contribution in [0.25, 0.3) is 0 Å². The molecule has 144 valence electrons. The highest BCUT2D eigenvalue weighted by molar-refractivity contribution is 7.91. The summed E-state index contributed by atoms with van der Waals surface area (Å²) >= 11 is 0. The number of sulfone groups is 1. The maximum atomic E-state index is 12.6. The van der Waals surface area contributed by atoms with Gasteiger partial charge in [-0.05, 0) is 44.5 Å². The van der Waals surface area contributed by atoms with Crippen LogP contribution in [0.4, 0.5) is 5.69 Å². The van der Waals surface area contributed by atoms with E-state index in [9.17, 15) is 18.0 Å². The van der Waals surface area contributed by atoms with Gasteiger partial charge in [0.2, 0.25) is 0 Å². The van der Waals surface area contributed by atoms with Crippen molar-refractivity contribution < 1.29 is 17.9 Å². The lowest BCUT2D eigenvalue weighted by atomic mass is 10.2. The van der Waals surface area contributed by atoms with Crippen molar-refractivity contribution in [1.29, 1.82) is 0 Å². The number of aliphatic imine (C=N–C) groups is 1. The summed E-state index contributed by atoms with van der Waals surface area (Å²) in [5.41, 5.74) is 1.72. The summed E-state index contributed by atoms with van der Waals surface area (Å²) in [5.74, 6) is -0.333. The molecular weight excluding hydrogens is 370 g/mol. The molecule has 0 bridgehead atoms. The summed E-state index contributed by atoms with van der Waals surface area (Å²) in [7, 11) is -3.09. The minimum absolute atomic E-state index is 0.0290. The van der Waals surface area contributed by atoms with E-state index in [-0.39, 0.29) is 23.1 Å². The normalized spacial score (nSPS) is 18.8. The summed E-state index contributed by atoms with van der Waals surface area (Å²) in [6.07, 6.45) is 1.88. The van der Waals surface area contributed by atoms with E-state index in [0.717, 1.165) is 0 Å². The van der Waals surface area contributed by atoms with Gasteiger partial charge in [-0.3, -0.25) is 14.9 Å². The number of carbonyl (C=O) groups excluding carboxylic acids is 1. The first-order valence-electron chi connectivity index (χ1n) is 8.63. The Bertz CT molecular complexity index is 1030. The molecule has 8 nitrogen and oxygen atoms in total. The highest BCUT2D eigenvalue weighted by atomic mass is 32.2. The molecule has 1 aromatic carbocycles. The number of carbonyl (C=O) groups is 1. The molecule has 1 atom stereocenters. The molecule has 1 aliphatic heterocycles. The third-order valence-corrected chi connectivity index (χ3v) is 6.19. The summed E-state index contributed by atoms with van der Waals surface area (Å²) < 4.78 is 29.6. The molecule has 1 saturated heterocycles. The number of nitrogens with zero attached hydrogens (tertiary/aromatic N) is 2. The summed E-state index contributed by atoms with van der Waals surface area (Å²) in [6, 6.07) is 6.17. The van der Waals surface area contributed by atoms with Crippen molar-refractivity contribution in [3.63, 3.8) is 0 Å². The number of benzene rings is 1. The topological polar surface area (TPSA) is 111 Å². The molecule has 0 saturated carbocycles. The van der Waals surface area contributed by atoms with Gasteiger partial charge in [-0.1, -0.05) is 0 Å². The van der Waals surface area contributed by atoms with Gasteiger partial charge in [-0.25, -0.2) is 17.9 Å². The predicted octanol–water partition coefficient (Wildman–Crippen LogP) is 1.77. The average Bonchev–Trinajstić information content (AvgIpc) is 3.13. The summed E-state index contributed by atoms with van der Waals surface area (Å²) in [5, 5.41) is 2.95. The third-order valence-electron chi connectivity index (χ3n) is 4.44. The lowest BCUT2D eigenvalue weighted by Gasteiger charge is -2.07. The molecular formula is C18H21N3O5S. The van der Waals surface area contributed by atoms with Crippen LogP contribution in [0.15, 0.2) is 34.1 Å². The standard InChI is InChI=1S/C18H21N3O5S/c1-3-26-18(23)13-4-6-14(7-5-13)19-10-16-12(2)20-21(17(16)22)15-8-9-27(24,25)11-15/h4-7,10,15,20H,3,8-9,11H2,1-2H3. The number of H-pyrrole nitrogens is 1. The van der Waals surface area contributed by atoms with Crippen LogP contribution in [-0.4, -0.2) is 48.5 Å². The first-order valence-corrected chi connectivity index (χ1v) is 10.5. The molecule has 0 spiro atoms. The Hall–Kier alpha value is -2.68. The lowest BCUT2D eigenvalue weighted by Crippen LogP contribution is -2.25. The molecule has 1 N–H and O–H groups in total. The summed E-state index contributed by atoms with van der Waals surface area (Å²) in [4.78, 5) is 28.5. The van der Waals surface area contributed by atoms with Crippen LogP contribution in [-0.2, 0) is 14.6 Å². The van der Waals surface area contributed by atoms with Crippen molar-refractivity contribution in [2.45, 2.75) is 26.3 Å². The first kappa shape index (κ1) is 19.1. The number of aromatic nitrogens is 2. The van der Waals surface area contributed by atoms with E-state index in [1.165, 1.54) is 10.9 Å². The average molecular weight is 391 g/mol. The molecule has 1 aromatic heterocycles. The Morgan fingerprint density at radius 1 is 1.37 bits per heavy atom. The van der Waals surface area contributed by atoms with Crippen LogP contribution in [0.1, 0.15) is 41.0 Å². The number of esters is 1. The molecule has 1 fully saturated rings. The van der Waals surface area contributed by atoms with Gasteiger partial charge in [0.25, 0.3) is 5.56 Å². The van der Waals surface area contributed by atoms with Gasteiger partial charge >= 0.3 is 5.97 Å². The molecule has 1 aliphatic rings. The monoisotopic (exact) mass is 391 g/mol. The predicted molar refractivity (Wildman–Crippen MR) is 102 cm³/mol. The van der Waals surface area contributed by atoms with Crippen molar-refractivity contribution in [2.75, 3.05) is 18.1 Å². The van der Waals surface area contributed by atoms with Crippen LogP contribution >= 0.6 is 0 Å². The lowest BCUT2D eigenvalue weighted by molar-refractivity contribution is 0.0526. The van der Waals surface area contributed by atoms with Crippen molar-refractivity contribution in [1.82, 2.24) is 9.78 Å². The molecule has 27 heavy (non-hydrogen) atoms. The van der Waals surface area contributed by atoms with Crippen LogP contribution in [0.2, 0.25) is 0 Å². The maximum Gasteiger partial charge on any atom is 0.338 e. The van der Waals surface area contributed by atoms with Gasteiger partial charge in [0.05, 0.1) is 41.0 Å². The Kier molecular flexibility index (Phi) is 5.31. The van der Waals surface area contributed by atoms with E-state index in [0.29, 0.717) is 35.5 Å². The van der Waals surface area contributed by atoms with Gasteiger partial charge in [-0.2, -0.15) is 0 Å². The fourth-order valence-corrected chi connectivity index (χ4v) is 4.71. The van der Waals surface area contributed by atoms with E-state index in [2.05, 4.69) is 10.1 Å². The van der Waals surface area contributed by atoms with Crippen LogP contribution in [0.5, 0.6) is 0 Å². The van der Waals surface area contributed by atoms with Gasteiger partial charge in [0.15, 0.2) is 9.84 Å². The second-order valence-corrected chi connectivity index (χ2v) is 8.64. The van der Waals surface area contributed by atoms with Gasteiger partial charge < -0.3 is 4.74 Å². The number of ether oxygens (including phenoxy) is 1. The number of aromatic amines is 1. The Morgan fingerprint density at radius 3 is 2.67 bits per heavy atom. The highest BCUT2D eigenvalue weighted by Crippen LogP contribution is 2.22. The Balaban J connectivity index is 1.80. The van der Waals surface area contributed by atoms with Crippen LogP contribution < -0.4 is 5.56 Å². The van der Waals surface area contributed by atoms with Crippen molar-refractivity contribution >= 4 is 27.7 Å². The number of hydrogen-bond acceptors (Lipinski definition) is 6. The Morgan fingerprint density at radius 2 is 2.07 bits per heavy atom. The fraction of sp³-hybridized carbons (Fsp3) is 0.389. The fourth-order valence-electron chi connectivity index (χ4n) is 3.01. The van der Waals surface area contributed by atoms with Gasteiger partial charge in [-0.15, -0.1) is 0 Å². The zero-order valence-electron chi connectivity index (χ0n) is 15.1. The van der Waals surface area contributed by atoms with Crippen molar-refractivity contribution in [3.05, 3.63) is 51.4 Å². The number of rotatable bonds is 5. The number of aryl methyl sites for hydroxylation is 1. The van der Waals surface area contributed by atoms with Gasteiger partial charge in [0.1, 0.15) is 0 Å². The zero-order valence-corrected chi connectivity index (χ0v) is 16.0. The maximum absolute atomic E-state index is 12.6. The van der Waals surface area contributed by atoms with Crippen molar-refractivity contribution in [3.8, 4) is 0 Å². The first-order chi connectivity index (χ1) is 12.8. The van der Waals surface area contributed by atoms with E-state index in [1.807, 2.05) is 0 Å². The summed E-state index contributed by atoms with van der Waals surface area (Å²) in [6.45, 7) is 3.79. The molecule has 0 radical (unpaired) electrons. The Labute approximate surface area is 156 Å². The third kappa shape index (κ3) is 4.19. The smallest absolute Gasteiger partial charge is 0.338 e. The molecule has 2 heterocycles. The second kappa shape index (κ2) is 7.51. The second-order valence-electron chi connectivity index (χ2n) is 6.41. The van der Waals surface area contributed by atoms with E-state index >= 15 is 0 Å². The highest BCUT2D eigenvalue weighted by Gasteiger charge is 2.31. The van der Waals surface area contributed by atoms with Crippen LogP contribution in [0.3, 0.4) is 0 Å². The van der Waals surface area contributed by atoms with Crippen LogP contribution in [0, 0.1) is 6.92 Å². The van der Waals surface area contributed by atoms with Gasteiger partial charge in [0, 0.05) is 11.9 Å². The number of hydrogen-bond donors (Lipinski definition) is 1. The molecule has 0 amide bonds. The minimum atomic E-state index is -3.09. The molecule has 0 aliphatic carbocycles. The molecule has 2 aromatic rings. The van der Waals surface area contributed by atoms with E-state index < -0.39 is 15.8 Å². The zero-order chi connectivity index (χ0) is 19.6. The van der Waals surface area contributed by atoms with Crippen molar-refractivity contribution in [2.24, 2.45) is 4.99 Å². The van der Waals surface area contributed by atoms with E-state index in [1.54, 1.807) is 38.1 Å². The number of nitrogens with one attached hydrogen (secondary N) is 1. The van der Waals surface area contributed by atoms with E-state index in [4.69, 9.17) is 4.74 Å². The molecule has 1 unspecified atom stereocenters.